The quantitative estimate of drug-likeness (QED) is 0.644. The summed E-state index contributed by atoms with van der Waals surface area (Å²) in [5.41, 5.74) is 0.399. The van der Waals surface area contributed by atoms with Crippen LogP contribution in [0.25, 0.3) is 0 Å². The molecule has 20 heavy (non-hydrogen) atoms. The van der Waals surface area contributed by atoms with Crippen LogP contribution in [-0.2, 0) is 13.1 Å². The van der Waals surface area contributed by atoms with Gasteiger partial charge in [0.15, 0.2) is 0 Å². The standard InChI is InChI=1S/C12H17N5O3/c1-4-5-16-12(11(17(18)19)9(3)15-16)14-7-10-13-6-8(2)20-10/h6,14H,4-5,7H2,1-3H3. The molecule has 0 atom stereocenters. The number of aryl methyl sites for hydroxylation is 3. The minimum Gasteiger partial charge on any atom is -0.444 e. The van der Waals surface area contributed by atoms with E-state index >= 15 is 0 Å². The first-order valence-corrected chi connectivity index (χ1v) is 6.40. The number of hydrogen-bond donors (Lipinski definition) is 1. The van der Waals surface area contributed by atoms with E-state index in [4.69, 9.17) is 4.42 Å². The monoisotopic (exact) mass is 279 g/mol. The van der Waals surface area contributed by atoms with Gasteiger partial charge in [0.2, 0.25) is 11.7 Å². The van der Waals surface area contributed by atoms with Crippen molar-refractivity contribution >= 4 is 11.5 Å². The molecule has 0 aliphatic heterocycles. The number of oxazole rings is 1. The molecule has 0 fully saturated rings. The Labute approximate surface area is 116 Å². The van der Waals surface area contributed by atoms with E-state index in [1.807, 2.05) is 6.92 Å². The van der Waals surface area contributed by atoms with Crippen molar-refractivity contribution in [2.45, 2.75) is 40.3 Å². The van der Waals surface area contributed by atoms with E-state index in [0.29, 0.717) is 29.7 Å². The molecule has 0 saturated carbocycles. The molecule has 0 aliphatic carbocycles. The van der Waals surface area contributed by atoms with Crippen LogP contribution in [0.4, 0.5) is 11.5 Å². The van der Waals surface area contributed by atoms with Crippen molar-refractivity contribution in [1.82, 2.24) is 14.8 Å². The highest BCUT2D eigenvalue weighted by Gasteiger charge is 2.25. The Morgan fingerprint density at radius 1 is 1.50 bits per heavy atom. The number of nitrogens with zero attached hydrogens (tertiary/aromatic N) is 4. The zero-order valence-corrected chi connectivity index (χ0v) is 11.7. The average molecular weight is 279 g/mol. The highest BCUT2D eigenvalue weighted by molar-refractivity contribution is 5.59. The Balaban J connectivity index is 2.25. The molecule has 0 spiro atoms. The van der Waals surface area contributed by atoms with E-state index in [1.165, 1.54) is 0 Å². The molecule has 0 aromatic carbocycles. The van der Waals surface area contributed by atoms with E-state index in [0.717, 1.165) is 6.42 Å². The van der Waals surface area contributed by atoms with Gasteiger partial charge in [-0.2, -0.15) is 5.10 Å². The number of anilines is 1. The smallest absolute Gasteiger partial charge is 0.333 e. The van der Waals surface area contributed by atoms with Gasteiger partial charge in [0, 0.05) is 6.54 Å². The predicted molar refractivity (Wildman–Crippen MR) is 72.5 cm³/mol. The number of nitro groups is 1. The van der Waals surface area contributed by atoms with Crippen molar-refractivity contribution in [2.75, 3.05) is 5.32 Å². The Morgan fingerprint density at radius 2 is 2.25 bits per heavy atom. The van der Waals surface area contributed by atoms with Crippen LogP contribution in [-0.4, -0.2) is 19.7 Å². The van der Waals surface area contributed by atoms with Crippen LogP contribution in [0.3, 0.4) is 0 Å². The Bertz CT molecular complexity index is 617. The third kappa shape index (κ3) is 2.79. The molecular formula is C12H17N5O3. The van der Waals surface area contributed by atoms with Crippen molar-refractivity contribution in [1.29, 1.82) is 0 Å². The summed E-state index contributed by atoms with van der Waals surface area (Å²) in [5, 5.41) is 18.4. The van der Waals surface area contributed by atoms with Crippen molar-refractivity contribution in [3.8, 4) is 0 Å². The number of aromatic nitrogens is 3. The van der Waals surface area contributed by atoms with E-state index < -0.39 is 4.92 Å². The zero-order valence-electron chi connectivity index (χ0n) is 11.7. The van der Waals surface area contributed by atoms with Gasteiger partial charge in [-0.25, -0.2) is 9.67 Å². The van der Waals surface area contributed by atoms with Gasteiger partial charge in [0.1, 0.15) is 11.5 Å². The minimum atomic E-state index is -0.419. The van der Waals surface area contributed by atoms with Crippen LogP contribution in [0.1, 0.15) is 30.7 Å². The van der Waals surface area contributed by atoms with Gasteiger partial charge in [-0.15, -0.1) is 0 Å². The molecule has 0 bridgehead atoms. The fourth-order valence-corrected chi connectivity index (χ4v) is 1.98. The van der Waals surface area contributed by atoms with Gasteiger partial charge in [0.25, 0.3) is 0 Å². The summed E-state index contributed by atoms with van der Waals surface area (Å²) in [6.45, 7) is 6.31. The minimum absolute atomic E-state index is 0.00160. The molecule has 2 aromatic heterocycles. The molecular weight excluding hydrogens is 262 g/mol. The fraction of sp³-hybridized carbons (Fsp3) is 0.500. The second kappa shape index (κ2) is 5.72. The van der Waals surface area contributed by atoms with Crippen LogP contribution in [0, 0.1) is 24.0 Å². The summed E-state index contributed by atoms with van der Waals surface area (Å²) >= 11 is 0. The van der Waals surface area contributed by atoms with Gasteiger partial charge < -0.3 is 9.73 Å². The third-order valence-electron chi connectivity index (χ3n) is 2.79. The van der Waals surface area contributed by atoms with Crippen molar-refractivity contribution in [2.24, 2.45) is 0 Å². The molecule has 0 saturated heterocycles. The number of nitrogens with one attached hydrogen (secondary N) is 1. The van der Waals surface area contributed by atoms with Gasteiger partial charge in [-0.05, 0) is 20.3 Å². The molecule has 0 aliphatic rings. The number of rotatable bonds is 6. The maximum absolute atomic E-state index is 11.1. The summed E-state index contributed by atoms with van der Waals surface area (Å²) in [7, 11) is 0. The van der Waals surface area contributed by atoms with Crippen LogP contribution in [0.5, 0.6) is 0 Å². The van der Waals surface area contributed by atoms with E-state index in [1.54, 1.807) is 24.7 Å². The maximum Gasteiger partial charge on any atom is 0.333 e. The van der Waals surface area contributed by atoms with Crippen LogP contribution in [0.15, 0.2) is 10.6 Å². The van der Waals surface area contributed by atoms with E-state index in [9.17, 15) is 10.1 Å². The molecule has 2 aromatic rings. The summed E-state index contributed by atoms with van der Waals surface area (Å²) in [6.07, 6.45) is 2.45. The second-order valence-electron chi connectivity index (χ2n) is 4.48. The summed E-state index contributed by atoms with van der Waals surface area (Å²) < 4.78 is 6.95. The zero-order chi connectivity index (χ0) is 14.7. The SMILES string of the molecule is CCCn1nc(C)c([N+](=O)[O-])c1NCc1ncc(C)o1. The number of hydrogen-bond acceptors (Lipinski definition) is 6. The summed E-state index contributed by atoms with van der Waals surface area (Å²) in [6, 6.07) is 0. The van der Waals surface area contributed by atoms with Crippen molar-refractivity contribution < 1.29 is 9.34 Å². The lowest BCUT2D eigenvalue weighted by molar-refractivity contribution is -0.384. The normalized spacial score (nSPS) is 10.8. The predicted octanol–water partition coefficient (Wildman–Crippen LogP) is 2.42. The summed E-state index contributed by atoms with van der Waals surface area (Å²) in [4.78, 5) is 14.8. The molecule has 8 heteroatoms. The third-order valence-corrected chi connectivity index (χ3v) is 2.79. The molecule has 2 rings (SSSR count). The maximum atomic E-state index is 11.1. The molecule has 2 heterocycles. The van der Waals surface area contributed by atoms with E-state index in [2.05, 4.69) is 15.4 Å². The summed E-state index contributed by atoms with van der Waals surface area (Å²) in [5.74, 6) is 1.58. The van der Waals surface area contributed by atoms with Crippen LogP contribution in [0.2, 0.25) is 0 Å². The van der Waals surface area contributed by atoms with Crippen molar-refractivity contribution in [3.63, 3.8) is 0 Å². The highest BCUT2D eigenvalue weighted by atomic mass is 16.6. The Hall–Kier alpha value is -2.38. The lowest BCUT2D eigenvalue weighted by Gasteiger charge is -2.06. The Kier molecular flexibility index (Phi) is 4.02. The molecule has 8 nitrogen and oxygen atoms in total. The van der Waals surface area contributed by atoms with Gasteiger partial charge in [-0.3, -0.25) is 10.1 Å². The topological polar surface area (TPSA) is 99.0 Å². The average Bonchev–Trinajstić information content (AvgIpc) is 2.91. The van der Waals surface area contributed by atoms with Crippen LogP contribution >= 0.6 is 0 Å². The molecule has 108 valence electrons. The van der Waals surface area contributed by atoms with Crippen LogP contribution < -0.4 is 5.32 Å². The first kappa shape index (κ1) is 14.0. The first-order chi connectivity index (χ1) is 9.52. The van der Waals surface area contributed by atoms with Gasteiger partial charge in [0.05, 0.1) is 17.7 Å². The Morgan fingerprint density at radius 3 is 2.80 bits per heavy atom. The lowest BCUT2D eigenvalue weighted by Crippen LogP contribution is -2.09. The highest BCUT2D eigenvalue weighted by Crippen LogP contribution is 2.28. The molecule has 1 N–H and O–H groups in total. The fourth-order valence-electron chi connectivity index (χ4n) is 1.98. The van der Waals surface area contributed by atoms with E-state index in [-0.39, 0.29) is 12.2 Å². The molecule has 0 unspecified atom stereocenters. The first-order valence-electron chi connectivity index (χ1n) is 6.40. The van der Waals surface area contributed by atoms with Gasteiger partial charge in [-0.1, -0.05) is 6.92 Å². The molecule has 0 radical (unpaired) electrons. The molecule has 0 amide bonds. The lowest BCUT2D eigenvalue weighted by atomic mass is 10.4. The largest absolute Gasteiger partial charge is 0.444 e. The van der Waals surface area contributed by atoms with Gasteiger partial charge >= 0.3 is 5.69 Å². The van der Waals surface area contributed by atoms with Crippen molar-refractivity contribution in [3.05, 3.63) is 33.7 Å². The second-order valence-corrected chi connectivity index (χ2v) is 4.48.